The van der Waals surface area contributed by atoms with Crippen molar-refractivity contribution >= 4 is 11.5 Å². The highest BCUT2D eigenvalue weighted by Crippen LogP contribution is 2.25. The molecule has 0 saturated carbocycles. The maximum absolute atomic E-state index is 11.8. The SMILES string of the molecule is CCCn1c(N)c(N2CC(CO)C2)c(=O)[nH]c1=O. The van der Waals surface area contributed by atoms with Crippen LogP contribution in [0.15, 0.2) is 9.59 Å². The molecule has 0 aromatic carbocycles. The van der Waals surface area contributed by atoms with E-state index in [4.69, 9.17) is 10.8 Å². The molecule has 1 aliphatic heterocycles. The molecule has 4 N–H and O–H groups in total. The second-order valence-corrected chi connectivity index (χ2v) is 4.60. The van der Waals surface area contributed by atoms with Crippen molar-refractivity contribution in [3.05, 3.63) is 20.8 Å². The van der Waals surface area contributed by atoms with Gasteiger partial charge in [-0.05, 0) is 6.42 Å². The smallest absolute Gasteiger partial charge is 0.330 e. The Bertz CT molecular complexity index is 542. The van der Waals surface area contributed by atoms with E-state index < -0.39 is 11.2 Å². The summed E-state index contributed by atoms with van der Waals surface area (Å²) in [6.45, 7) is 3.69. The Hall–Kier alpha value is -1.76. The first-order valence-electron chi connectivity index (χ1n) is 6.06. The van der Waals surface area contributed by atoms with Crippen molar-refractivity contribution < 1.29 is 5.11 Å². The van der Waals surface area contributed by atoms with Crippen LogP contribution in [0.3, 0.4) is 0 Å². The number of aromatic amines is 1. The maximum atomic E-state index is 11.8. The molecule has 1 saturated heterocycles. The second kappa shape index (κ2) is 4.85. The number of nitrogens with zero attached hydrogens (tertiary/aromatic N) is 2. The summed E-state index contributed by atoms with van der Waals surface area (Å²) in [6, 6.07) is 0. The molecule has 2 rings (SSSR count). The summed E-state index contributed by atoms with van der Waals surface area (Å²) in [5.74, 6) is 0.386. The van der Waals surface area contributed by atoms with E-state index in [1.807, 2.05) is 6.92 Å². The van der Waals surface area contributed by atoms with Gasteiger partial charge in [0, 0.05) is 32.2 Å². The number of anilines is 2. The van der Waals surface area contributed by atoms with E-state index in [1.165, 1.54) is 4.57 Å². The summed E-state index contributed by atoms with van der Waals surface area (Å²) >= 11 is 0. The molecule has 1 aromatic heterocycles. The summed E-state index contributed by atoms with van der Waals surface area (Å²) < 4.78 is 1.38. The number of nitrogen functional groups attached to an aromatic ring is 1. The van der Waals surface area contributed by atoms with Crippen molar-refractivity contribution in [2.75, 3.05) is 30.3 Å². The normalized spacial score (nSPS) is 15.8. The number of nitrogens with two attached hydrogens (primary N) is 1. The van der Waals surface area contributed by atoms with Gasteiger partial charge in [0.1, 0.15) is 11.5 Å². The molecule has 1 aromatic rings. The van der Waals surface area contributed by atoms with Crippen LogP contribution in [-0.2, 0) is 6.54 Å². The van der Waals surface area contributed by atoms with Crippen LogP contribution in [0, 0.1) is 5.92 Å². The molecule has 18 heavy (non-hydrogen) atoms. The molecule has 0 aliphatic carbocycles. The number of hydrogen-bond acceptors (Lipinski definition) is 5. The lowest BCUT2D eigenvalue weighted by molar-refractivity contribution is 0.200. The van der Waals surface area contributed by atoms with E-state index >= 15 is 0 Å². The number of H-pyrrole nitrogens is 1. The van der Waals surface area contributed by atoms with Crippen molar-refractivity contribution in [1.29, 1.82) is 0 Å². The van der Waals surface area contributed by atoms with E-state index in [2.05, 4.69) is 4.98 Å². The molecule has 100 valence electrons. The third kappa shape index (κ3) is 2.01. The molecule has 0 radical (unpaired) electrons. The Morgan fingerprint density at radius 3 is 2.67 bits per heavy atom. The zero-order valence-electron chi connectivity index (χ0n) is 10.3. The highest BCUT2D eigenvalue weighted by atomic mass is 16.3. The minimum absolute atomic E-state index is 0.100. The fraction of sp³-hybridized carbons (Fsp3) is 0.636. The van der Waals surface area contributed by atoms with Gasteiger partial charge < -0.3 is 15.7 Å². The average molecular weight is 254 g/mol. The van der Waals surface area contributed by atoms with Gasteiger partial charge in [-0.25, -0.2) is 4.79 Å². The molecular formula is C11H18N4O3. The zero-order valence-corrected chi connectivity index (χ0v) is 10.3. The maximum Gasteiger partial charge on any atom is 0.330 e. The summed E-state index contributed by atoms with van der Waals surface area (Å²) in [6.07, 6.45) is 0.759. The van der Waals surface area contributed by atoms with Crippen molar-refractivity contribution in [2.24, 2.45) is 5.92 Å². The first kappa shape index (κ1) is 12.7. The van der Waals surface area contributed by atoms with Crippen molar-refractivity contribution in [2.45, 2.75) is 19.9 Å². The Balaban J connectivity index is 2.39. The van der Waals surface area contributed by atoms with Crippen LogP contribution in [0.2, 0.25) is 0 Å². The van der Waals surface area contributed by atoms with Gasteiger partial charge in [0.05, 0.1) is 0 Å². The monoisotopic (exact) mass is 254 g/mol. The van der Waals surface area contributed by atoms with E-state index in [0.717, 1.165) is 6.42 Å². The highest BCUT2D eigenvalue weighted by Gasteiger charge is 2.30. The average Bonchev–Trinajstić information content (AvgIpc) is 2.27. The Morgan fingerprint density at radius 2 is 2.11 bits per heavy atom. The Labute approximate surface area is 104 Å². The minimum atomic E-state index is -0.470. The van der Waals surface area contributed by atoms with Gasteiger partial charge in [-0.1, -0.05) is 6.92 Å². The minimum Gasteiger partial charge on any atom is -0.396 e. The molecule has 7 heteroatoms. The number of aliphatic hydroxyl groups is 1. The molecule has 2 heterocycles. The summed E-state index contributed by atoms with van der Waals surface area (Å²) in [4.78, 5) is 27.5. The molecule has 1 aliphatic rings. The van der Waals surface area contributed by atoms with Crippen LogP contribution in [0.5, 0.6) is 0 Å². The van der Waals surface area contributed by atoms with Crippen LogP contribution in [0.25, 0.3) is 0 Å². The van der Waals surface area contributed by atoms with Gasteiger partial charge >= 0.3 is 5.69 Å². The molecule has 7 nitrogen and oxygen atoms in total. The summed E-state index contributed by atoms with van der Waals surface area (Å²) in [5, 5.41) is 8.97. The van der Waals surface area contributed by atoms with Crippen molar-refractivity contribution in [3.8, 4) is 0 Å². The number of nitrogens with one attached hydrogen (secondary N) is 1. The molecule has 1 fully saturated rings. The molecular weight excluding hydrogens is 236 g/mol. The number of hydrogen-bond donors (Lipinski definition) is 3. The van der Waals surface area contributed by atoms with Crippen molar-refractivity contribution in [1.82, 2.24) is 9.55 Å². The lowest BCUT2D eigenvalue weighted by Crippen LogP contribution is -2.52. The first-order valence-corrected chi connectivity index (χ1v) is 6.06. The quantitative estimate of drug-likeness (QED) is 0.636. The number of rotatable bonds is 4. The predicted octanol–water partition coefficient (Wildman–Crippen LogP) is -1.04. The molecule has 0 unspecified atom stereocenters. The third-order valence-electron chi connectivity index (χ3n) is 3.19. The zero-order chi connectivity index (χ0) is 13.3. The molecule has 0 atom stereocenters. The lowest BCUT2D eigenvalue weighted by Gasteiger charge is -2.40. The topological polar surface area (TPSA) is 104 Å². The Kier molecular flexibility index (Phi) is 3.42. The number of aliphatic hydroxyl groups excluding tert-OH is 1. The van der Waals surface area contributed by atoms with Crippen LogP contribution in [0.1, 0.15) is 13.3 Å². The van der Waals surface area contributed by atoms with Crippen molar-refractivity contribution in [3.63, 3.8) is 0 Å². The van der Waals surface area contributed by atoms with Gasteiger partial charge in [0.2, 0.25) is 0 Å². The van der Waals surface area contributed by atoms with Crippen LogP contribution in [0.4, 0.5) is 11.5 Å². The second-order valence-electron chi connectivity index (χ2n) is 4.60. The standard InChI is InChI=1S/C11H18N4O3/c1-2-3-15-9(12)8(10(17)13-11(15)18)14-4-7(5-14)6-16/h7,16H,2-6,12H2,1H3,(H,13,17,18). The van der Waals surface area contributed by atoms with Gasteiger partial charge in [0.25, 0.3) is 5.56 Å². The van der Waals surface area contributed by atoms with E-state index in [9.17, 15) is 9.59 Å². The number of aromatic nitrogens is 2. The van der Waals surface area contributed by atoms with Crippen LogP contribution in [-0.4, -0.2) is 34.4 Å². The van der Waals surface area contributed by atoms with Gasteiger partial charge in [0.15, 0.2) is 0 Å². The van der Waals surface area contributed by atoms with Gasteiger partial charge in [-0.3, -0.25) is 14.3 Å². The van der Waals surface area contributed by atoms with E-state index in [-0.39, 0.29) is 18.3 Å². The summed E-state index contributed by atoms with van der Waals surface area (Å²) in [5.41, 5.74) is 5.32. The third-order valence-corrected chi connectivity index (χ3v) is 3.19. The summed E-state index contributed by atoms with van der Waals surface area (Å²) in [7, 11) is 0. The van der Waals surface area contributed by atoms with Crippen LogP contribution < -0.4 is 21.9 Å². The largest absolute Gasteiger partial charge is 0.396 e. The molecule has 0 amide bonds. The fourth-order valence-electron chi connectivity index (χ4n) is 2.20. The molecule has 0 bridgehead atoms. The molecule has 0 spiro atoms. The van der Waals surface area contributed by atoms with E-state index in [0.29, 0.717) is 25.3 Å². The first-order chi connectivity index (χ1) is 8.58. The van der Waals surface area contributed by atoms with E-state index in [1.54, 1.807) is 4.90 Å². The Morgan fingerprint density at radius 1 is 1.44 bits per heavy atom. The van der Waals surface area contributed by atoms with Crippen LogP contribution >= 0.6 is 0 Å². The predicted molar refractivity (Wildman–Crippen MR) is 68.8 cm³/mol. The highest BCUT2D eigenvalue weighted by molar-refractivity contribution is 5.63. The van der Waals surface area contributed by atoms with Gasteiger partial charge in [-0.15, -0.1) is 0 Å². The van der Waals surface area contributed by atoms with Gasteiger partial charge in [-0.2, -0.15) is 0 Å². The lowest BCUT2D eigenvalue weighted by atomic mass is 10.0. The fourth-order valence-corrected chi connectivity index (χ4v) is 2.20.